The average molecular weight is 532 g/mol. The number of carbonyl (C=O) groups is 2. The Morgan fingerprint density at radius 2 is 1.89 bits per heavy atom. The second-order valence-electron chi connectivity index (χ2n) is 8.69. The minimum atomic E-state index is -0.725. The molecule has 2 aromatic heterocycles. The van der Waals surface area contributed by atoms with Crippen molar-refractivity contribution >= 4 is 34.3 Å². The molecule has 4 rings (SSSR count). The first kappa shape index (κ1) is 26.7. The molecule has 1 unspecified atom stereocenters. The third-order valence-electron chi connectivity index (χ3n) is 6.31. The fourth-order valence-electron chi connectivity index (χ4n) is 4.49. The van der Waals surface area contributed by atoms with Gasteiger partial charge in [-0.05, 0) is 55.3 Å². The highest BCUT2D eigenvalue weighted by Gasteiger charge is 2.23. The molecule has 0 aliphatic heterocycles. The number of hydrogen-bond donors (Lipinski definition) is 1. The molecule has 0 aliphatic rings. The maximum atomic E-state index is 13.4. The van der Waals surface area contributed by atoms with Gasteiger partial charge in [0.1, 0.15) is 11.4 Å². The number of methoxy groups -OCH3 is 1. The van der Waals surface area contributed by atoms with E-state index in [2.05, 4.69) is 11.1 Å². The standard InChI is InChI=1S/C29H26ClN3O5/c1-4-25(26(34)11-17-6-9-23-19(10-17)12-24(32-23)29(36)38-5-2)33-16-27(37-3)22(14-28(33)35)21-13-20(30)8-7-18(21)15-31/h6-10,12-14,16,25,32H,4-5,11H2,1-3H3. The van der Waals surface area contributed by atoms with Crippen LogP contribution in [0.1, 0.15) is 47.9 Å². The predicted molar refractivity (Wildman–Crippen MR) is 145 cm³/mol. The molecule has 0 aliphatic carbocycles. The number of aromatic amines is 1. The van der Waals surface area contributed by atoms with Gasteiger partial charge in [-0.2, -0.15) is 5.26 Å². The number of esters is 1. The SMILES string of the molecule is CCOC(=O)c1cc2cc(CC(=O)C(CC)n3cc(OC)c(-c4cc(Cl)ccc4C#N)cc3=O)ccc2[nH]1. The van der Waals surface area contributed by atoms with Crippen LogP contribution in [0.4, 0.5) is 0 Å². The summed E-state index contributed by atoms with van der Waals surface area (Å²) in [6.45, 7) is 3.85. The number of hydrogen-bond acceptors (Lipinski definition) is 6. The summed E-state index contributed by atoms with van der Waals surface area (Å²) in [5, 5.41) is 10.7. The van der Waals surface area contributed by atoms with E-state index in [-0.39, 0.29) is 18.8 Å². The van der Waals surface area contributed by atoms with Crippen LogP contribution < -0.4 is 10.3 Å². The maximum absolute atomic E-state index is 13.4. The lowest BCUT2D eigenvalue weighted by molar-refractivity contribution is -0.121. The van der Waals surface area contributed by atoms with Gasteiger partial charge in [0, 0.05) is 39.5 Å². The fourth-order valence-corrected chi connectivity index (χ4v) is 4.66. The third kappa shape index (κ3) is 5.34. The van der Waals surface area contributed by atoms with Gasteiger partial charge < -0.3 is 19.0 Å². The van der Waals surface area contributed by atoms with E-state index >= 15 is 0 Å². The Bertz CT molecular complexity index is 1630. The van der Waals surface area contributed by atoms with Crippen LogP contribution in [0.2, 0.25) is 5.02 Å². The van der Waals surface area contributed by atoms with Crippen molar-refractivity contribution in [3.8, 4) is 22.9 Å². The lowest BCUT2D eigenvalue weighted by Gasteiger charge is -2.20. The molecule has 0 saturated carbocycles. The summed E-state index contributed by atoms with van der Waals surface area (Å²) in [6.07, 6.45) is 1.99. The van der Waals surface area contributed by atoms with Crippen LogP contribution in [0.3, 0.4) is 0 Å². The highest BCUT2D eigenvalue weighted by molar-refractivity contribution is 6.31. The summed E-state index contributed by atoms with van der Waals surface area (Å²) >= 11 is 6.15. The van der Waals surface area contributed by atoms with Gasteiger partial charge in [0.25, 0.3) is 5.56 Å². The van der Waals surface area contributed by atoms with E-state index in [1.807, 2.05) is 25.1 Å². The van der Waals surface area contributed by atoms with Crippen molar-refractivity contribution in [2.75, 3.05) is 13.7 Å². The van der Waals surface area contributed by atoms with E-state index in [4.69, 9.17) is 21.1 Å². The van der Waals surface area contributed by atoms with Crippen LogP contribution in [0, 0.1) is 11.3 Å². The summed E-state index contributed by atoms with van der Waals surface area (Å²) in [4.78, 5) is 41.7. The molecule has 8 nitrogen and oxygen atoms in total. The van der Waals surface area contributed by atoms with E-state index in [0.29, 0.717) is 39.6 Å². The molecule has 38 heavy (non-hydrogen) atoms. The molecule has 0 bridgehead atoms. The molecule has 194 valence electrons. The molecule has 0 spiro atoms. The van der Waals surface area contributed by atoms with Crippen molar-refractivity contribution < 1.29 is 19.1 Å². The zero-order valence-corrected chi connectivity index (χ0v) is 22.0. The number of aromatic nitrogens is 2. The lowest BCUT2D eigenvalue weighted by atomic mass is 9.98. The number of carbonyl (C=O) groups excluding carboxylic acids is 2. The van der Waals surface area contributed by atoms with E-state index < -0.39 is 17.6 Å². The molecule has 2 aromatic carbocycles. The van der Waals surface area contributed by atoms with Gasteiger partial charge in [0.2, 0.25) is 0 Å². The smallest absolute Gasteiger partial charge is 0.354 e. The Balaban J connectivity index is 1.65. The summed E-state index contributed by atoms with van der Waals surface area (Å²) < 4.78 is 12.0. The first-order valence-corrected chi connectivity index (χ1v) is 12.5. The molecule has 0 amide bonds. The Labute approximate surface area is 224 Å². The number of H-pyrrole nitrogens is 1. The average Bonchev–Trinajstić information content (AvgIpc) is 3.33. The van der Waals surface area contributed by atoms with Crippen molar-refractivity contribution in [3.05, 3.63) is 86.9 Å². The molecule has 0 saturated heterocycles. The molecule has 1 N–H and O–H groups in total. The van der Waals surface area contributed by atoms with Gasteiger partial charge in [-0.3, -0.25) is 9.59 Å². The molecule has 0 radical (unpaired) electrons. The van der Waals surface area contributed by atoms with Crippen molar-refractivity contribution in [1.82, 2.24) is 9.55 Å². The summed E-state index contributed by atoms with van der Waals surface area (Å²) in [5.74, 6) is -0.246. The first-order valence-electron chi connectivity index (χ1n) is 12.1. The Hall–Kier alpha value is -4.35. The van der Waals surface area contributed by atoms with Crippen LogP contribution >= 0.6 is 11.6 Å². The van der Waals surface area contributed by atoms with E-state index in [1.165, 1.54) is 23.9 Å². The molecular weight excluding hydrogens is 506 g/mol. The maximum Gasteiger partial charge on any atom is 0.354 e. The van der Waals surface area contributed by atoms with Crippen LogP contribution in [0.25, 0.3) is 22.0 Å². The van der Waals surface area contributed by atoms with E-state index in [0.717, 1.165) is 16.5 Å². The second kappa shape index (κ2) is 11.4. The fraction of sp³-hybridized carbons (Fsp3) is 0.241. The largest absolute Gasteiger partial charge is 0.495 e. The molecule has 9 heteroatoms. The molecule has 4 aromatic rings. The highest BCUT2D eigenvalue weighted by Crippen LogP contribution is 2.33. The van der Waals surface area contributed by atoms with Crippen LogP contribution in [-0.4, -0.2) is 35.0 Å². The number of nitriles is 1. The summed E-state index contributed by atoms with van der Waals surface area (Å²) in [6, 6.07) is 14.7. The van der Waals surface area contributed by atoms with Crippen LogP contribution in [0.15, 0.2) is 59.5 Å². The summed E-state index contributed by atoms with van der Waals surface area (Å²) in [7, 11) is 1.46. The number of fused-ring (bicyclic) bond motifs is 1. The number of rotatable bonds is 9. The van der Waals surface area contributed by atoms with Gasteiger partial charge in [-0.1, -0.05) is 24.6 Å². The zero-order valence-electron chi connectivity index (χ0n) is 21.2. The van der Waals surface area contributed by atoms with Gasteiger partial charge in [-0.15, -0.1) is 0 Å². The topological polar surface area (TPSA) is 114 Å². The molecular formula is C29H26ClN3O5. The number of halogens is 1. The predicted octanol–water partition coefficient (Wildman–Crippen LogP) is 5.47. The number of nitrogens with zero attached hydrogens (tertiary/aromatic N) is 2. The van der Waals surface area contributed by atoms with Crippen molar-refractivity contribution in [2.24, 2.45) is 0 Å². The number of benzene rings is 2. The Morgan fingerprint density at radius 3 is 2.58 bits per heavy atom. The Kier molecular flexibility index (Phi) is 7.99. The monoisotopic (exact) mass is 531 g/mol. The zero-order chi connectivity index (χ0) is 27.4. The molecule has 1 atom stereocenters. The second-order valence-corrected chi connectivity index (χ2v) is 9.13. The van der Waals surface area contributed by atoms with Crippen LogP contribution in [-0.2, 0) is 16.0 Å². The third-order valence-corrected chi connectivity index (χ3v) is 6.54. The van der Waals surface area contributed by atoms with E-state index in [9.17, 15) is 19.6 Å². The lowest BCUT2D eigenvalue weighted by Crippen LogP contribution is -2.30. The minimum Gasteiger partial charge on any atom is -0.495 e. The number of Topliss-reactive ketones (excluding diaryl/α,β-unsaturated/α-hetero) is 1. The van der Waals surface area contributed by atoms with Gasteiger partial charge in [0.05, 0.1) is 37.6 Å². The van der Waals surface area contributed by atoms with Gasteiger partial charge >= 0.3 is 5.97 Å². The van der Waals surface area contributed by atoms with Crippen molar-refractivity contribution in [1.29, 1.82) is 5.26 Å². The molecule has 2 heterocycles. The minimum absolute atomic E-state index is 0.0950. The van der Waals surface area contributed by atoms with Crippen molar-refractivity contribution in [2.45, 2.75) is 32.7 Å². The Morgan fingerprint density at radius 1 is 1.11 bits per heavy atom. The van der Waals surface area contributed by atoms with Gasteiger partial charge in [-0.25, -0.2) is 4.79 Å². The first-order chi connectivity index (χ1) is 18.3. The normalized spacial score (nSPS) is 11.7. The molecule has 0 fully saturated rings. The van der Waals surface area contributed by atoms with Gasteiger partial charge in [0.15, 0.2) is 5.78 Å². The summed E-state index contributed by atoms with van der Waals surface area (Å²) in [5.41, 5.74) is 2.70. The number of pyridine rings is 1. The van der Waals surface area contributed by atoms with Crippen LogP contribution in [0.5, 0.6) is 5.75 Å². The van der Waals surface area contributed by atoms with Crippen molar-refractivity contribution in [3.63, 3.8) is 0 Å². The quantitative estimate of drug-likeness (QED) is 0.286. The number of nitrogens with one attached hydrogen (secondary N) is 1. The number of ketones is 1. The highest BCUT2D eigenvalue weighted by atomic mass is 35.5. The van der Waals surface area contributed by atoms with E-state index in [1.54, 1.807) is 31.2 Å². The number of ether oxygens (including phenoxy) is 2.